The first-order valence-electron chi connectivity index (χ1n) is 11.6. The van der Waals surface area contributed by atoms with Crippen LogP contribution in [0.15, 0.2) is 55.9 Å². The van der Waals surface area contributed by atoms with Gasteiger partial charge in [-0.3, -0.25) is 9.36 Å². The average Bonchev–Trinajstić information content (AvgIpc) is 3.21. The number of aromatic nitrogens is 1. The number of carbonyl (C=O) groups is 1. The third-order valence-electron chi connectivity index (χ3n) is 5.87. The molecule has 12 heteroatoms. The van der Waals surface area contributed by atoms with Crippen LogP contribution in [-0.2, 0) is 9.53 Å². The second-order valence-electron chi connectivity index (χ2n) is 8.16. The number of allylic oxidation sites excluding steroid dienone is 1. The van der Waals surface area contributed by atoms with E-state index in [1.165, 1.54) is 18.8 Å². The molecule has 0 N–H and O–H groups in total. The van der Waals surface area contributed by atoms with Crippen LogP contribution in [0, 0.1) is 11.3 Å². The zero-order valence-corrected chi connectivity index (χ0v) is 24.6. The van der Waals surface area contributed by atoms with E-state index < -0.39 is 12.0 Å². The first kappa shape index (κ1) is 28.4. The lowest BCUT2D eigenvalue weighted by atomic mass is 9.95. The first-order chi connectivity index (χ1) is 18.7. The van der Waals surface area contributed by atoms with Crippen LogP contribution in [0.2, 0.25) is 5.02 Å². The lowest BCUT2D eigenvalue weighted by molar-refractivity contribution is -0.139. The molecule has 2 heterocycles. The molecule has 0 unspecified atom stereocenters. The van der Waals surface area contributed by atoms with E-state index in [1.54, 1.807) is 50.3 Å². The third kappa shape index (κ3) is 5.59. The molecule has 0 fully saturated rings. The Kier molecular flexibility index (Phi) is 8.80. The topological polar surface area (TPSA) is 112 Å². The van der Waals surface area contributed by atoms with Crippen LogP contribution in [0.5, 0.6) is 17.2 Å². The third-order valence-corrected chi connectivity index (χ3v) is 7.77. The average molecular weight is 633 g/mol. The minimum atomic E-state index is -0.870. The number of nitrogens with zero attached hydrogens (tertiary/aromatic N) is 3. The van der Waals surface area contributed by atoms with Crippen LogP contribution in [0.1, 0.15) is 31.0 Å². The standard InChI is InChI=1S/C27H23BrClN3O6S/c1-5-37-26(34)23-14(2)31-27-32(24(23)17-12-20(35-3)21(36-4)13-18(17)28)25(33)22(39-27)11-15-10-16(29)6-7-19(15)38-9-8-30/h6-7,10-13,24H,5,9H2,1-4H3/b22-11-/t24-/m1/s1. The van der Waals surface area contributed by atoms with Gasteiger partial charge in [-0.25, -0.2) is 9.79 Å². The van der Waals surface area contributed by atoms with Crippen molar-refractivity contribution in [3.63, 3.8) is 0 Å². The van der Waals surface area contributed by atoms with Gasteiger partial charge in [-0.1, -0.05) is 38.9 Å². The van der Waals surface area contributed by atoms with E-state index in [-0.39, 0.29) is 24.3 Å². The Morgan fingerprint density at radius 2 is 1.95 bits per heavy atom. The summed E-state index contributed by atoms with van der Waals surface area (Å²) in [6.07, 6.45) is 1.63. The van der Waals surface area contributed by atoms with Gasteiger partial charge < -0.3 is 18.9 Å². The molecule has 39 heavy (non-hydrogen) atoms. The molecule has 3 aromatic rings. The molecule has 0 amide bonds. The van der Waals surface area contributed by atoms with Gasteiger partial charge in [0.1, 0.15) is 11.8 Å². The summed E-state index contributed by atoms with van der Waals surface area (Å²) in [7, 11) is 3.02. The smallest absolute Gasteiger partial charge is 0.338 e. The minimum Gasteiger partial charge on any atom is -0.493 e. The number of esters is 1. The number of rotatable bonds is 8. The molecular weight excluding hydrogens is 610 g/mol. The second kappa shape index (κ2) is 12.1. The number of halogens is 2. The number of fused-ring (bicyclic) bond motifs is 1. The summed E-state index contributed by atoms with van der Waals surface area (Å²) in [5.74, 6) is 0.717. The van der Waals surface area contributed by atoms with E-state index in [0.29, 0.717) is 52.9 Å². The fraction of sp³-hybridized carbons (Fsp3) is 0.259. The summed E-state index contributed by atoms with van der Waals surface area (Å²) in [5, 5.41) is 9.38. The Bertz CT molecular complexity index is 1710. The molecule has 1 aliphatic rings. The fourth-order valence-corrected chi connectivity index (χ4v) is 5.94. The Balaban J connectivity index is 2.00. The van der Waals surface area contributed by atoms with E-state index in [4.69, 9.17) is 35.8 Å². The van der Waals surface area contributed by atoms with Crippen LogP contribution in [0.4, 0.5) is 0 Å². The quantitative estimate of drug-likeness (QED) is 0.343. The molecule has 202 valence electrons. The van der Waals surface area contributed by atoms with Crippen molar-refractivity contribution in [1.29, 1.82) is 5.26 Å². The van der Waals surface area contributed by atoms with Gasteiger partial charge >= 0.3 is 5.97 Å². The van der Waals surface area contributed by atoms with Gasteiger partial charge in [-0.2, -0.15) is 5.26 Å². The summed E-state index contributed by atoms with van der Waals surface area (Å²) in [5.41, 5.74) is 1.37. The van der Waals surface area contributed by atoms with Gasteiger partial charge in [-0.05, 0) is 55.8 Å². The molecule has 4 rings (SSSR count). The Labute approximate surface area is 241 Å². The molecule has 0 saturated heterocycles. The monoisotopic (exact) mass is 631 g/mol. The van der Waals surface area contributed by atoms with E-state index >= 15 is 0 Å². The molecule has 1 atom stereocenters. The summed E-state index contributed by atoms with van der Waals surface area (Å²) >= 11 is 10.9. The number of methoxy groups -OCH3 is 2. The lowest BCUT2D eigenvalue weighted by Gasteiger charge is -2.26. The highest BCUT2D eigenvalue weighted by Gasteiger charge is 2.35. The molecule has 1 aromatic heterocycles. The van der Waals surface area contributed by atoms with Crippen LogP contribution >= 0.6 is 38.9 Å². The summed E-state index contributed by atoms with van der Waals surface area (Å²) in [6.45, 7) is 3.40. The van der Waals surface area contributed by atoms with Gasteiger partial charge in [-0.15, -0.1) is 0 Å². The highest BCUT2D eigenvalue weighted by Crippen LogP contribution is 2.40. The van der Waals surface area contributed by atoms with Gasteiger partial charge in [0.05, 0.1) is 42.7 Å². The van der Waals surface area contributed by atoms with Gasteiger partial charge in [0.25, 0.3) is 5.56 Å². The van der Waals surface area contributed by atoms with Crippen molar-refractivity contribution in [2.75, 3.05) is 27.4 Å². The van der Waals surface area contributed by atoms with Crippen LogP contribution < -0.4 is 29.1 Å². The number of nitriles is 1. The Hall–Kier alpha value is -3.59. The predicted molar refractivity (Wildman–Crippen MR) is 150 cm³/mol. The van der Waals surface area contributed by atoms with E-state index in [1.807, 2.05) is 6.07 Å². The minimum absolute atomic E-state index is 0.153. The van der Waals surface area contributed by atoms with Crippen molar-refractivity contribution in [2.24, 2.45) is 4.99 Å². The van der Waals surface area contributed by atoms with Crippen LogP contribution in [-0.4, -0.2) is 38.0 Å². The normalized spacial score (nSPS) is 14.8. The number of benzene rings is 2. The number of hydrogen-bond donors (Lipinski definition) is 0. The summed E-state index contributed by atoms with van der Waals surface area (Å²) in [6, 6.07) is 9.40. The highest BCUT2D eigenvalue weighted by atomic mass is 79.9. The maximum absolute atomic E-state index is 13.9. The Morgan fingerprint density at radius 3 is 2.62 bits per heavy atom. The lowest BCUT2D eigenvalue weighted by Crippen LogP contribution is -2.40. The second-order valence-corrected chi connectivity index (χ2v) is 10.5. The van der Waals surface area contributed by atoms with Crippen molar-refractivity contribution in [2.45, 2.75) is 19.9 Å². The zero-order valence-electron chi connectivity index (χ0n) is 21.4. The number of thiazole rings is 1. The number of hydrogen-bond acceptors (Lipinski definition) is 9. The highest BCUT2D eigenvalue weighted by molar-refractivity contribution is 9.10. The molecule has 0 spiro atoms. The number of carbonyl (C=O) groups excluding carboxylic acids is 1. The largest absolute Gasteiger partial charge is 0.493 e. The molecule has 0 saturated carbocycles. The van der Waals surface area contributed by atoms with Crippen molar-refractivity contribution >= 4 is 50.9 Å². The molecule has 0 bridgehead atoms. The predicted octanol–water partition coefficient (Wildman–Crippen LogP) is 4.13. The summed E-state index contributed by atoms with van der Waals surface area (Å²) in [4.78, 5) is 32.1. The zero-order chi connectivity index (χ0) is 28.3. The molecular formula is C27H23BrClN3O6S. The first-order valence-corrected chi connectivity index (χ1v) is 13.6. The SMILES string of the molecule is CCOC(=O)C1=C(C)N=c2s/c(=C\c3cc(Cl)ccc3OCC#N)c(=O)n2[C@@H]1c1cc(OC)c(OC)cc1Br. The van der Waals surface area contributed by atoms with Crippen molar-refractivity contribution in [3.8, 4) is 23.3 Å². The van der Waals surface area contributed by atoms with E-state index in [9.17, 15) is 9.59 Å². The van der Waals surface area contributed by atoms with Gasteiger partial charge in [0, 0.05) is 15.1 Å². The molecule has 0 aliphatic carbocycles. The van der Waals surface area contributed by atoms with E-state index in [0.717, 1.165) is 11.3 Å². The number of ether oxygens (including phenoxy) is 4. The van der Waals surface area contributed by atoms with Gasteiger partial charge in [0.2, 0.25) is 0 Å². The molecule has 9 nitrogen and oxygen atoms in total. The fourth-order valence-electron chi connectivity index (χ4n) is 4.18. The maximum Gasteiger partial charge on any atom is 0.338 e. The van der Waals surface area contributed by atoms with Gasteiger partial charge in [0.15, 0.2) is 22.9 Å². The van der Waals surface area contributed by atoms with Crippen molar-refractivity contribution < 1.29 is 23.7 Å². The molecule has 2 aromatic carbocycles. The van der Waals surface area contributed by atoms with Crippen molar-refractivity contribution in [3.05, 3.63) is 81.9 Å². The molecule has 1 aliphatic heterocycles. The van der Waals surface area contributed by atoms with Crippen molar-refractivity contribution in [1.82, 2.24) is 4.57 Å². The van der Waals surface area contributed by atoms with Crippen LogP contribution in [0.25, 0.3) is 6.08 Å². The van der Waals surface area contributed by atoms with Crippen LogP contribution in [0.3, 0.4) is 0 Å². The summed E-state index contributed by atoms with van der Waals surface area (Å²) < 4.78 is 24.2. The van der Waals surface area contributed by atoms with E-state index in [2.05, 4.69) is 20.9 Å². The Morgan fingerprint density at radius 1 is 1.23 bits per heavy atom. The maximum atomic E-state index is 13.9. The molecule has 0 radical (unpaired) electrons.